The number of hydrogen-bond acceptors (Lipinski definition) is 2. The van der Waals surface area contributed by atoms with Crippen molar-refractivity contribution in [2.75, 3.05) is 0 Å². The Labute approximate surface area is 116 Å². The molecule has 1 aliphatic carbocycles. The lowest BCUT2D eigenvalue weighted by molar-refractivity contribution is 0.0693. The highest BCUT2D eigenvalue weighted by molar-refractivity contribution is 5.87. The largest absolute Gasteiger partial charge is 0.484 e. The van der Waals surface area contributed by atoms with Gasteiger partial charge in [-0.1, -0.05) is 13.3 Å². The first kappa shape index (κ1) is 14.8. The fourth-order valence-corrected chi connectivity index (χ4v) is 2.74. The SMILES string of the molecule is CCC1CCCCC1Oc1c(F)cc(C(=O)O)cc1F. The minimum absolute atomic E-state index is 0.201. The zero-order chi connectivity index (χ0) is 14.7. The van der Waals surface area contributed by atoms with Crippen molar-refractivity contribution in [3.63, 3.8) is 0 Å². The lowest BCUT2D eigenvalue weighted by Gasteiger charge is -2.31. The van der Waals surface area contributed by atoms with Crippen LogP contribution in [-0.4, -0.2) is 17.2 Å². The summed E-state index contributed by atoms with van der Waals surface area (Å²) in [7, 11) is 0. The summed E-state index contributed by atoms with van der Waals surface area (Å²) in [5.74, 6) is -3.44. The summed E-state index contributed by atoms with van der Waals surface area (Å²) in [5, 5.41) is 8.75. The number of aromatic carboxylic acids is 1. The average molecular weight is 284 g/mol. The molecule has 0 saturated heterocycles. The molecule has 0 aliphatic heterocycles. The quantitative estimate of drug-likeness (QED) is 0.908. The van der Waals surface area contributed by atoms with E-state index in [1.54, 1.807) is 0 Å². The zero-order valence-corrected chi connectivity index (χ0v) is 11.4. The molecule has 2 atom stereocenters. The first-order chi connectivity index (χ1) is 9.52. The molecule has 1 N–H and O–H groups in total. The maximum Gasteiger partial charge on any atom is 0.335 e. The van der Waals surface area contributed by atoms with Crippen molar-refractivity contribution in [1.82, 2.24) is 0 Å². The second-order valence-electron chi connectivity index (χ2n) is 5.18. The second kappa shape index (κ2) is 6.20. The van der Waals surface area contributed by atoms with Crippen molar-refractivity contribution in [2.45, 2.75) is 45.1 Å². The maximum atomic E-state index is 13.8. The number of carboxylic acid groups (broad SMARTS) is 1. The third kappa shape index (κ3) is 3.08. The Morgan fingerprint density at radius 2 is 1.90 bits per heavy atom. The number of hydrogen-bond donors (Lipinski definition) is 1. The van der Waals surface area contributed by atoms with Gasteiger partial charge in [0.2, 0.25) is 0 Å². The standard InChI is InChI=1S/C15H18F2O3/c1-2-9-5-3-4-6-13(9)20-14-11(16)7-10(15(18)19)8-12(14)17/h7-9,13H,2-6H2,1H3,(H,18,19). The summed E-state index contributed by atoms with van der Waals surface area (Å²) in [6, 6.07) is 1.59. The van der Waals surface area contributed by atoms with Crippen LogP contribution in [0.1, 0.15) is 49.4 Å². The Balaban J connectivity index is 2.22. The minimum atomic E-state index is -1.36. The summed E-state index contributed by atoms with van der Waals surface area (Å²) < 4.78 is 33.2. The number of rotatable bonds is 4. The van der Waals surface area contributed by atoms with E-state index in [1.807, 2.05) is 6.92 Å². The van der Waals surface area contributed by atoms with E-state index in [1.165, 1.54) is 0 Å². The van der Waals surface area contributed by atoms with E-state index in [0.717, 1.165) is 44.2 Å². The normalized spacial score (nSPS) is 22.6. The van der Waals surface area contributed by atoms with Crippen molar-refractivity contribution in [1.29, 1.82) is 0 Å². The summed E-state index contributed by atoms with van der Waals surface area (Å²) in [5.41, 5.74) is -0.414. The molecule has 1 aromatic carbocycles. The Hall–Kier alpha value is -1.65. The lowest BCUT2D eigenvalue weighted by atomic mass is 9.85. The van der Waals surface area contributed by atoms with Crippen LogP contribution in [0.2, 0.25) is 0 Å². The van der Waals surface area contributed by atoms with Crippen LogP contribution in [0.5, 0.6) is 5.75 Å². The van der Waals surface area contributed by atoms with Gasteiger partial charge in [0.15, 0.2) is 17.4 Å². The van der Waals surface area contributed by atoms with Crippen LogP contribution >= 0.6 is 0 Å². The molecule has 20 heavy (non-hydrogen) atoms. The summed E-state index contributed by atoms with van der Waals surface area (Å²) in [6.45, 7) is 2.03. The Morgan fingerprint density at radius 3 is 2.45 bits per heavy atom. The molecule has 1 fully saturated rings. The molecule has 0 spiro atoms. The Morgan fingerprint density at radius 1 is 1.30 bits per heavy atom. The monoisotopic (exact) mass is 284 g/mol. The molecule has 110 valence electrons. The third-order valence-electron chi connectivity index (χ3n) is 3.88. The molecule has 3 nitrogen and oxygen atoms in total. The van der Waals surface area contributed by atoms with Crippen molar-refractivity contribution >= 4 is 5.97 Å². The average Bonchev–Trinajstić information content (AvgIpc) is 2.42. The van der Waals surface area contributed by atoms with Gasteiger partial charge < -0.3 is 9.84 Å². The molecule has 1 aromatic rings. The number of halogens is 2. The van der Waals surface area contributed by atoms with Crippen LogP contribution in [0.15, 0.2) is 12.1 Å². The predicted molar refractivity (Wildman–Crippen MR) is 70.0 cm³/mol. The minimum Gasteiger partial charge on any atom is -0.484 e. The second-order valence-corrected chi connectivity index (χ2v) is 5.18. The smallest absolute Gasteiger partial charge is 0.335 e. The van der Waals surface area contributed by atoms with Gasteiger partial charge >= 0.3 is 5.97 Å². The summed E-state index contributed by atoms with van der Waals surface area (Å²) in [4.78, 5) is 10.7. The van der Waals surface area contributed by atoms with Crippen LogP contribution in [-0.2, 0) is 0 Å². The van der Waals surface area contributed by atoms with Crippen LogP contribution < -0.4 is 4.74 Å². The van der Waals surface area contributed by atoms with Gasteiger partial charge in [-0.25, -0.2) is 13.6 Å². The molecule has 1 aliphatic rings. The molecule has 2 rings (SSSR count). The molecule has 0 bridgehead atoms. The van der Waals surface area contributed by atoms with Gasteiger partial charge in [0, 0.05) is 0 Å². The number of carboxylic acids is 1. The first-order valence-electron chi connectivity index (χ1n) is 6.92. The Bertz CT molecular complexity index is 479. The lowest BCUT2D eigenvalue weighted by Crippen LogP contribution is -2.30. The fourth-order valence-electron chi connectivity index (χ4n) is 2.74. The van der Waals surface area contributed by atoms with Gasteiger partial charge in [0.05, 0.1) is 5.56 Å². The summed E-state index contributed by atoms with van der Waals surface area (Å²) >= 11 is 0. The molecule has 2 unspecified atom stereocenters. The first-order valence-corrected chi connectivity index (χ1v) is 6.92. The van der Waals surface area contributed by atoms with E-state index in [9.17, 15) is 13.6 Å². The van der Waals surface area contributed by atoms with Gasteiger partial charge in [-0.3, -0.25) is 0 Å². The van der Waals surface area contributed by atoms with E-state index in [2.05, 4.69) is 0 Å². The van der Waals surface area contributed by atoms with Gasteiger partial charge in [0.1, 0.15) is 6.10 Å². The molecular weight excluding hydrogens is 266 g/mol. The van der Waals surface area contributed by atoms with Crippen LogP contribution in [0, 0.1) is 17.6 Å². The van der Waals surface area contributed by atoms with Gasteiger partial charge in [-0.05, 0) is 43.7 Å². The van der Waals surface area contributed by atoms with E-state index in [4.69, 9.17) is 9.84 Å². The molecule has 5 heteroatoms. The van der Waals surface area contributed by atoms with Crippen molar-refractivity contribution in [2.24, 2.45) is 5.92 Å². The molecule has 0 amide bonds. The molecule has 1 saturated carbocycles. The van der Waals surface area contributed by atoms with Crippen molar-refractivity contribution in [3.05, 3.63) is 29.3 Å². The number of benzene rings is 1. The number of ether oxygens (including phenoxy) is 1. The molecule has 0 radical (unpaired) electrons. The van der Waals surface area contributed by atoms with E-state index < -0.39 is 28.9 Å². The van der Waals surface area contributed by atoms with E-state index in [0.29, 0.717) is 5.92 Å². The van der Waals surface area contributed by atoms with E-state index >= 15 is 0 Å². The highest BCUT2D eigenvalue weighted by Gasteiger charge is 2.27. The van der Waals surface area contributed by atoms with Gasteiger partial charge in [0.25, 0.3) is 0 Å². The third-order valence-corrected chi connectivity index (χ3v) is 3.88. The van der Waals surface area contributed by atoms with Crippen LogP contribution in [0.4, 0.5) is 8.78 Å². The molecular formula is C15H18F2O3. The predicted octanol–water partition coefficient (Wildman–Crippen LogP) is 4.01. The molecule has 0 aromatic heterocycles. The van der Waals surface area contributed by atoms with Gasteiger partial charge in [-0.15, -0.1) is 0 Å². The van der Waals surface area contributed by atoms with Crippen LogP contribution in [0.3, 0.4) is 0 Å². The topological polar surface area (TPSA) is 46.5 Å². The highest BCUT2D eigenvalue weighted by atomic mass is 19.1. The van der Waals surface area contributed by atoms with Crippen LogP contribution in [0.25, 0.3) is 0 Å². The highest BCUT2D eigenvalue weighted by Crippen LogP contribution is 2.33. The zero-order valence-electron chi connectivity index (χ0n) is 11.4. The maximum absolute atomic E-state index is 13.8. The Kier molecular flexibility index (Phi) is 4.57. The van der Waals surface area contributed by atoms with E-state index in [-0.39, 0.29) is 6.10 Å². The van der Waals surface area contributed by atoms with Crippen molar-refractivity contribution < 1.29 is 23.4 Å². The number of carbonyl (C=O) groups is 1. The fraction of sp³-hybridized carbons (Fsp3) is 0.533. The summed E-state index contributed by atoms with van der Waals surface area (Å²) in [6.07, 6.45) is 4.57. The van der Waals surface area contributed by atoms with Crippen molar-refractivity contribution in [3.8, 4) is 5.75 Å². The molecule has 0 heterocycles. The van der Waals surface area contributed by atoms with Gasteiger partial charge in [-0.2, -0.15) is 0 Å².